The molecule has 2 aromatic carbocycles. The lowest BCUT2D eigenvalue weighted by Gasteiger charge is -2.29. The minimum atomic E-state index is -0.973. The highest BCUT2D eigenvalue weighted by atomic mass is 19.1. The Morgan fingerprint density at radius 1 is 1.07 bits per heavy atom. The van der Waals surface area contributed by atoms with Gasteiger partial charge < -0.3 is 15.4 Å². The van der Waals surface area contributed by atoms with Crippen LogP contribution in [0.3, 0.4) is 0 Å². The smallest absolute Gasteiger partial charge is 0.257 e. The maximum Gasteiger partial charge on any atom is 0.257 e. The second kappa shape index (κ2) is 8.37. The Labute approximate surface area is 162 Å². The summed E-state index contributed by atoms with van der Waals surface area (Å²) in [5.41, 5.74) is 0.161. The van der Waals surface area contributed by atoms with Gasteiger partial charge in [-0.1, -0.05) is 38.1 Å². The van der Waals surface area contributed by atoms with Crippen molar-refractivity contribution in [2.24, 2.45) is 5.92 Å². The van der Waals surface area contributed by atoms with Crippen molar-refractivity contribution in [1.29, 1.82) is 0 Å². The molecule has 5 nitrogen and oxygen atoms in total. The summed E-state index contributed by atoms with van der Waals surface area (Å²) in [6.07, 6.45) is 0.587. The van der Waals surface area contributed by atoms with Crippen molar-refractivity contribution in [1.82, 2.24) is 10.6 Å². The van der Waals surface area contributed by atoms with Gasteiger partial charge in [0.15, 0.2) is 0 Å². The molecule has 1 aliphatic heterocycles. The van der Waals surface area contributed by atoms with Crippen LogP contribution in [-0.4, -0.2) is 24.5 Å². The number of hydrogen-bond donors (Lipinski definition) is 2. The third kappa shape index (κ3) is 4.13. The topological polar surface area (TPSA) is 67.4 Å². The molecule has 0 aromatic heterocycles. The first-order valence-corrected chi connectivity index (χ1v) is 9.15. The van der Waals surface area contributed by atoms with Crippen LogP contribution in [0.4, 0.5) is 8.78 Å². The average Bonchev–Trinajstić information content (AvgIpc) is 2.66. The number of hydrogen-bond acceptors (Lipinski definition) is 3. The van der Waals surface area contributed by atoms with E-state index in [1.54, 1.807) is 13.8 Å². The maximum atomic E-state index is 13.9. The van der Waals surface area contributed by atoms with Gasteiger partial charge in [-0.3, -0.25) is 9.59 Å². The first-order valence-electron chi connectivity index (χ1n) is 9.15. The molecule has 0 spiro atoms. The summed E-state index contributed by atoms with van der Waals surface area (Å²) in [6, 6.07) is 9.38. The summed E-state index contributed by atoms with van der Waals surface area (Å²) in [5, 5.41) is 5.39. The van der Waals surface area contributed by atoms with Gasteiger partial charge in [-0.15, -0.1) is 0 Å². The standard InChI is InChI=1S/C21H22F2N2O3/c1-12(2)19(25-20(26)18-14(22)7-5-8-15(18)23)21(27)24-16-10-11-28-17-9-4-3-6-13(16)17/h3-9,12,16,19H,10-11H2,1-2H3,(H,24,27)(H,25,26)/t16-,19+/m1/s1. The van der Waals surface area contributed by atoms with E-state index in [1.807, 2.05) is 24.3 Å². The Kier molecular flexibility index (Phi) is 5.92. The van der Waals surface area contributed by atoms with Crippen molar-refractivity contribution in [2.45, 2.75) is 32.4 Å². The van der Waals surface area contributed by atoms with Gasteiger partial charge in [0.05, 0.1) is 12.6 Å². The molecule has 0 saturated heterocycles. The van der Waals surface area contributed by atoms with E-state index in [0.717, 1.165) is 17.7 Å². The van der Waals surface area contributed by atoms with Crippen LogP contribution in [0.1, 0.15) is 42.2 Å². The van der Waals surface area contributed by atoms with Crippen LogP contribution in [-0.2, 0) is 4.79 Å². The van der Waals surface area contributed by atoms with Gasteiger partial charge in [-0.2, -0.15) is 0 Å². The van der Waals surface area contributed by atoms with E-state index in [9.17, 15) is 18.4 Å². The van der Waals surface area contributed by atoms with Crippen molar-refractivity contribution >= 4 is 11.8 Å². The van der Waals surface area contributed by atoms with Crippen molar-refractivity contribution in [3.05, 3.63) is 65.2 Å². The molecule has 3 rings (SSSR count). The van der Waals surface area contributed by atoms with Crippen molar-refractivity contribution in [3.8, 4) is 5.75 Å². The molecular weight excluding hydrogens is 366 g/mol. The summed E-state index contributed by atoms with van der Waals surface area (Å²) in [4.78, 5) is 25.3. The van der Waals surface area contributed by atoms with E-state index in [4.69, 9.17) is 4.74 Å². The number of amides is 2. The lowest BCUT2D eigenvalue weighted by Crippen LogP contribution is -2.51. The van der Waals surface area contributed by atoms with Gasteiger partial charge in [0, 0.05) is 12.0 Å². The fraction of sp³-hybridized carbons (Fsp3) is 0.333. The Morgan fingerprint density at radius 2 is 1.75 bits per heavy atom. The van der Waals surface area contributed by atoms with Crippen LogP contribution in [0.15, 0.2) is 42.5 Å². The fourth-order valence-corrected chi connectivity index (χ4v) is 3.22. The number of fused-ring (bicyclic) bond motifs is 1. The normalized spacial score (nSPS) is 16.7. The van der Waals surface area contributed by atoms with Crippen molar-refractivity contribution < 1.29 is 23.1 Å². The van der Waals surface area contributed by atoms with Gasteiger partial charge in [0.1, 0.15) is 29.0 Å². The van der Waals surface area contributed by atoms with Crippen LogP contribution in [0.5, 0.6) is 5.75 Å². The maximum absolute atomic E-state index is 13.9. The first-order chi connectivity index (χ1) is 13.4. The average molecular weight is 388 g/mol. The van der Waals surface area contributed by atoms with E-state index in [2.05, 4.69) is 10.6 Å². The summed E-state index contributed by atoms with van der Waals surface area (Å²) in [5.74, 6) is -2.90. The summed E-state index contributed by atoms with van der Waals surface area (Å²) >= 11 is 0. The quantitative estimate of drug-likeness (QED) is 0.825. The van der Waals surface area contributed by atoms with Crippen molar-refractivity contribution in [2.75, 3.05) is 6.61 Å². The Morgan fingerprint density at radius 3 is 2.43 bits per heavy atom. The number of carbonyl (C=O) groups excluding carboxylic acids is 2. The highest BCUT2D eigenvalue weighted by molar-refractivity contribution is 5.98. The van der Waals surface area contributed by atoms with E-state index in [0.29, 0.717) is 18.8 Å². The molecule has 0 bridgehead atoms. The number of rotatable bonds is 5. The zero-order valence-electron chi connectivity index (χ0n) is 15.7. The Bertz CT molecular complexity index is 865. The summed E-state index contributed by atoms with van der Waals surface area (Å²) < 4.78 is 33.3. The molecule has 0 unspecified atom stereocenters. The SMILES string of the molecule is CC(C)[C@H](NC(=O)c1c(F)cccc1F)C(=O)N[C@@H]1CCOc2ccccc21. The van der Waals surface area contributed by atoms with Gasteiger partial charge in [0.25, 0.3) is 5.91 Å². The number of nitrogens with one attached hydrogen (secondary N) is 2. The second-order valence-corrected chi connectivity index (χ2v) is 7.03. The molecule has 2 aromatic rings. The molecule has 2 amide bonds. The van der Waals surface area contributed by atoms with Crippen LogP contribution in [0.2, 0.25) is 0 Å². The van der Waals surface area contributed by atoms with Crippen LogP contribution in [0, 0.1) is 17.6 Å². The molecule has 0 fully saturated rings. The molecule has 1 heterocycles. The summed E-state index contributed by atoms with van der Waals surface area (Å²) in [6.45, 7) is 3.96. The van der Waals surface area contributed by atoms with E-state index >= 15 is 0 Å². The molecule has 1 aliphatic rings. The van der Waals surface area contributed by atoms with E-state index in [1.165, 1.54) is 6.07 Å². The number of ether oxygens (including phenoxy) is 1. The van der Waals surface area contributed by atoms with Gasteiger partial charge in [-0.05, 0) is 24.1 Å². The van der Waals surface area contributed by atoms with E-state index in [-0.39, 0.29) is 12.0 Å². The van der Waals surface area contributed by atoms with Crippen molar-refractivity contribution in [3.63, 3.8) is 0 Å². The number of carbonyl (C=O) groups is 2. The van der Waals surface area contributed by atoms with Gasteiger partial charge in [-0.25, -0.2) is 8.78 Å². The molecule has 28 heavy (non-hydrogen) atoms. The van der Waals surface area contributed by atoms with Crippen LogP contribution >= 0.6 is 0 Å². The predicted octanol–water partition coefficient (Wildman–Crippen LogP) is 3.36. The molecular formula is C21H22F2N2O3. The third-order valence-electron chi connectivity index (χ3n) is 4.70. The monoisotopic (exact) mass is 388 g/mol. The lowest BCUT2D eigenvalue weighted by atomic mass is 9.98. The molecule has 2 atom stereocenters. The lowest BCUT2D eigenvalue weighted by molar-refractivity contribution is -0.124. The molecule has 7 heteroatoms. The highest BCUT2D eigenvalue weighted by Gasteiger charge is 2.30. The molecule has 2 N–H and O–H groups in total. The number of benzene rings is 2. The Hall–Kier alpha value is -2.96. The van der Waals surface area contributed by atoms with Gasteiger partial charge in [0.2, 0.25) is 5.91 Å². The summed E-state index contributed by atoms with van der Waals surface area (Å²) in [7, 11) is 0. The van der Waals surface area contributed by atoms with Crippen LogP contribution in [0.25, 0.3) is 0 Å². The fourth-order valence-electron chi connectivity index (χ4n) is 3.22. The number of halogens is 2. The van der Waals surface area contributed by atoms with Gasteiger partial charge >= 0.3 is 0 Å². The molecule has 148 valence electrons. The minimum Gasteiger partial charge on any atom is -0.493 e. The highest BCUT2D eigenvalue weighted by Crippen LogP contribution is 2.31. The minimum absolute atomic E-state index is 0.263. The second-order valence-electron chi connectivity index (χ2n) is 7.03. The number of para-hydroxylation sites is 1. The van der Waals surface area contributed by atoms with E-state index < -0.39 is 35.1 Å². The predicted molar refractivity (Wildman–Crippen MR) is 99.9 cm³/mol. The molecule has 0 saturated carbocycles. The zero-order chi connectivity index (χ0) is 20.3. The Balaban J connectivity index is 1.76. The van der Waals surface area contributed by atoms with Crippen LogP contribution < -0.4 is 15.4 Å². The zero-order valence-corrected chi connectivity index (χ0v) is 15.7. The largest absolute Gasteiger partial charge is 0.493 e. The molecule has 0 aliphatic carbocycles. The molecule has 0 radical (unpaired) electrons. The third-order valence-corrected chi connectivity index (χ3v) is 4.70. The first kappa shape index (κ1) is 19.8.